The number of carbonyl (C=O) groups is 2. The Morgan fingerprint density at radius 3 is 2.46 bits per heavy atom. The topological polar surface area (TPSA) is 94.8 Å². The van der Waals surface area contributed by atoms with Gasteiger partial charge in [0.2, 0.25) is 0 Å². The van der Waals surface area contributed by atoms with Crippen molar-refractivity contribution in [3.63, 3.8) is 0 Å². The lowest BCUT2D eigenvalue weighted by Crippen LogP contribution is -2.68. The molecule has 0 aromatic heterocycles. The van der Waals surface area contributed by atoms with E-state index in [0.29, 0.717) is 6.42 Å². The molecule has 0 aliphatic heterocycles. The number of ketones is 2. The van der Waals surface area contributed by atoms with Crippen molar-refractivity contribution in [2.45, 2.75) is 71.2 Å². The molecule has 0 bridgehead atoms. The molecule has 0 aromatic carbocycles. The van der Waals surface area contributed by atoms with Gasteiger partial charge in [0.15, 0.2) is 5.78 Å². The lowest BCUT2D eigenvalue weighted by atomic mass is 9.41. The Hall–Kier alpha value is -1.04. The van der Waals surface area contributed by atoms with E-state index in [1.807, 2.05) is 20.8 Å². The molecule has 2 saturated carbocycles. The van der Waals surface area contributed by atoms with Gasteiger partial charge in [-0.2, -0.15) is 0 Å². The molecular formula is C19H28O5. The summed E-state index contributed by atoms with van der Waals surface area (Å²) in [7, 11) is 0. The van der Waals surface area contributed by atoms with Gasteiger partial charge in [-0.05, 0) is 31.8 Å². The predicted octanol–water partition coefficient (Wildman–Crippen LogP) is 1.39. The minimum absolute atomic E-state index is 0.00917. The first-order valence-corrected chi connectivity index (χ1v) is 8.83. The van der Waals surface area contributed by atoms with E-state index in [2.05, 4.69) is 0 Å². The summed E-state index contributed by atoms with van der Waals surface area (Å²) in [4.78, 5) is 25.3. The van der Waals surface area contributed by atoms with Crippen molar-refractivity contribution in [2.24, 2.45) is 22.7 Å². The third-order valence-electron chi connectivity index (χ3n) is 7.24. The van der Waals surface area contributed by atoms with Crippen LogP contribution >= 0.6 is 0 Å². The van der Waals surface area contributed by atoms with Crippen molar-refractivity contribution in [3.8, 4) is 0 Å². The quantitative estimate of drug-likeness (QED) is 0.673. The fraction of sp³-hybridized carbons (Fsp3) is 0.789. The zero-order valence-electron chi connectivity index (χ0n) is 14.9. The van der Waals surface area contributed by atoms with E-state index in [4.69, 9.17) is 0 Å². The number of fused-ring (bicyclic) bond motifs is 3. The second kappa shape index (κ2) is 5.23. The molecule has 0 radical (unpaired) electrons. The molecule has 5 nitrogen and oxygen atoms in total. The first-order valence-electron chi connectivity index (χ1n) is 8.83. The summed E-state index contributed by atoms with van der Waals surface area (Å²) in [6, 6.07) is 0. The zero-order valence-corrected chi connectivity index (χ0v) is 14.9. The molecule has 134 valence electrons. The Bertz CT molecular complexity index is 625. The maximum atomic E-state index is 13.0. The second-order valence-electron chi connectivity index (χ2n) is 8.66. The summed E-state index contributed by atoms with van der Waals surface area (Å²) < 4.78 is 0. The second-order valence-corrected chi connectivity index (χ2v) is 8.66. The maximum absolute atomic E-state index is 13.0. The number of hydrogen-bond acceptors (Lipinski definition) is 5. The van der Waals surface area contributed by atoms with Gasteiger partial charge in [-0.3, -0.25) is 9.59 Å². The van der Waals surface area contributed by atoms with Gasteiger partial charge in [-0.1, -0.05) is 26.3 Å². The highest BCUT2D eigenvalue weighted by atomic mass is 16.3. The highest BCUT2D eigenvalue weighted by Gasteiger charge is 2.68. The van der Waals surface area contributed by atoms with Gasteiger partial charge < -0.3 is 15.3 Å². The molecule has 4 unspecified atom stereocenters. The Labute approximate surface area is 142 Å². The van der Waals surface area contributed by atoms with Gasteiger partial charge in [0.1, 0.15) is 11.9 Å². The van der Waals surface area contributed by atoms with Crippen molar-refractivity contribution >= 4 is 11.6 Å². The van der Waals surface area contributed by atoms with Crippen LogP contribution in [0.5, 0.6) is 0 Å². The normalized spacial score (nSPS) is 51.7. The first kappa shape index (κ1) is 17.8. The summed E-state index contributed by atoms with van der Waals surface area (Å²) >= 11 is 0. The Morgan fingerprint density at radius 1 is 1.25 bits per heavy atom. The Balaban J connectivity index is 2.16. The molecule has 24 heavy (non-hydrogen) atoms. The van der Waals surface area contributed by atoms with E-state index in [1.165, 1.54) is 6.08 Å². The summed E-state index contributed by atoms with van der Waals surface area (Å²) in [6.07, 6.45) is 0.407. The monoisotopic (exact) mass is 336 g/mol. The van der Waals surface area contributed by atoms with Gasteiger partial charge in [-0.15, -0.1) is 0 Å². The van der Waals surface area contributed by atoms with Gasteiger partial charge >= 0.3 is 0 Å². The van der Waals surface area contributed by atoms with Crippen LogP contribution in [-0.2, 0) is 9.59 Å². The lowest BCUT2D eigenvalue weighted by Gasteiger charge is -2.63. The van der Waals surface area contributed by atoms with E-state index in [-0.39, 0.29) is 36.7 Å². The summed E-state index contributed by atoms with van der Waals surface area (Å²) in [5, 5.41) is 32.4. The smallest absolute Gasteiger partial charge is 0.184 e. The van der Waals surface area contributed by atoms with Crippen molar-refractivity contribution in [1.82, 2.24) is 0 Å². The number of rotatable bonds is 1. The molecule has 3 aliphatic carbocycles. The largest absolute Gasteiger partial charge is 0.393 e. The maximum Gasteiger partial charge on any atom is 0.184 e. The molecule has 0 heterocycles. The molecule has 0 saturated heterocycles. The van der Waals surface area contributed by atoms with Crippen LogP contribution in [-0.4, -0.2) is 44.7 Å². The zero-order chi connectivity index (χ0) is 18.1. The molecular weight excluding hydrogens is 308 g/mol. The first-order chi connectivity index (χ1) is 11.0. The van der Waals surface area contributed by atoms with Crippen molar-refractivity contribution in [2.75, 3.05) is 0 Å². The highest BCUT2D eigenvalue weighted by Crippen LogP contribution is 2.63. The molecule has 3 aliphatic rings. The van der Waals surface area contributed by atoms with E-state index >= 15 is 0 Å². The van der Waals surface area contributed by atoms with Crippen LogP contribution in [0.1, 0.15) is 53.4 Å². The third-order valence-corrected chi connectivity index (χ3v) is 7.24. The average Bonchev–Trinajstić information content (AvgIpc) is 2.47. The van der Waals surface area contributed by atoms with Gasteiger partial charge in [0, 0.05) is 29.6 Å². The van der Waals surface area contributed by atoms with Crippen LogP contribution in [0, 0.1) is 22.7 Å². The number of Topliss-reactive ketones (excluding diaryl/α,β-unsaturated/α-hetero) is 1. The van der Waals surface area contributed by atoms with E-state index in [1.54, 1.807) is 6.92 Å². The summed E-state index contributed by atoms with van der Waals surface area (Å²) in [5.41, 5.74) is -2.12. The number of carbonyl (C=O) groups excluding carboxylic acids is 2. The molecule has 7 atom stereocenters. The molecule has 2 fully saturated rings. The van der Waals surface area contributed by atoms with E-state index in [0.717, 1.165) is 5.57 Å². The molecule has 0 aromatic rings. The summed E-state index contributed by atoms with van der Waals surface area (Å²) in [6.45, 7) is 7.28. The van der Waals surface area contributed by atoms with Crippen LogP contribution in [0.2, 0.25) is 0 Å². The van der Waals surface area contributed by atoms with Crippen LogP contribution in [0.3, 0.4) is 0 Å². The van der Waals surface area contributed by atoms with Crippen LogP contribution in [0.4, 0.5) is 0 Å². The summed E-state index contributed by atoms with van der Waals surface area (Å²) in [5.74, 6) is -1.15. The lowest BCUT2D eigenvalue weighted by molar-refractivity contribution is -0.214. The van der Waals surface area contributed by atoms with Crippen molar-refractivity contribution in [3.05, 3.63) is 11.6 Å². The molecule has 3 N–H and O–H groups in total. The SMILES string of the molecule is CC[C@]1(O)CC(O)[C@H]2C(C)(C1)C(=O)C[C@H]1C(C)=CC(=O)C(O)C12C. The Kier molecular flexibility index (Phi) is 3.87. The van der Waals surface area contributed by atoms with E-state index in [9.17, 15) is 24.9 Å². The van der Waals surface area contributed by atoms with Crippen LogP contribution < -0.4 is 0 Å². The molecule has 5 heteroatoms. The van der Waals surface area contributed by atoms with Crippen molar-refractivity contribution in [1.29, 1.82) is 0 Å². The van der Waals surface area contributed by atoms with Crippen LogP contribution in [0.15, 0.2) is 11.6 Å². The van der Waals surface area contributed by atoms with Crippen LogP contribution in [0.25, 0.3) is 0 Å². The number of aliphatic hydroxyl groups excluding tert-OH is 2. The average molecular weight is 336 g/mol. The minimum atomic E-state index is -1.23. The highest BCUT2D eigenvalue weighted by molar-refractivity contribution is 5.97. The van der Waals surface area contributed by atoms with Gasteiger partial charge in [-0.25, -0.2) is 0 Å². The van der Waals surface area contributed by atoms with Gasteiger partial charge in [0.05, 0.1) is 11.7 Å². The standard InChI is InChI=1S/C19H28O5/c1-5-19(24)8-13(21)15-17(3,9-19)14(22)7-11-10(2)6-12(20)16(23)18(11,15)4/h6,11,13,15-16,21,23-24H,5,7-9H2,1-4H3/t11-,13?,15-,16?,17?,18?,19-/m0/s1. The number of aliphatic hydroxyl groups is 3. The fourth-order valence-electron chi connectivity index (χ4n) is 6.02. The number of allylic oxidation sites excluding steroid dienone is 1. The molecule has 0 amide bonds. The van der Waals surface area contributed by atoms with Gasteiger partial charge in [0.25, 0.3) is 0 Å². The minimum Gasteiger partial charge on any atom is -0.393 e. The third kappa shape index (κ3) is 2.11. The molecule has 3 rings (SSSR count). The predicted molar refractivity (Wildman–Crippen MR) is 88.1 cm³/mol. The number of hydrogen-bond donors (Lipinski definition) is 3. The Morgan fingerprint density at radius 2 is 1.88 bits per heavy atom. The fourth-order valence-corrected chi connectivity index (χ4v) is 6.02. The van der Waals surface area contributed by atoms with E-state index < -0.39 is 34.6 Å². The molecule has 0 spiro atoms. The van der Waals surface area contributed by atoms with Crippen molar-refractivity contribution < 1.29 is 24.9 Å².